The summed E-state index contributed by atoms with van der Waals surface area (Å²) in [6, 6.07) is 6.28. The van der Waals surface area contributed by atoms with Gasteiger partial charge in [-0.05, 0) is 18.4 Å². The molecule has 0 spiro atoms. The van der Waals surface area contributed by atoms with Crippen LogP contribution in [0.2, 0.25) is 0 Å². The zero-order valence-electron chi connectivity index (χ0n) is 11.7. The van der Waals surface area contributed by atoms with Gasteiger partial charge in [-0.3, -0.25) is 5.32 Å². The van der Waals surface area contributed by atoms with E-state index in [9.17, 15) is 13.2 Å². The first-order valence-electron chi connectivity index (χ1n) is 6.77. The highest BCUT2D eigenvalue weighted by Crippen LogP contribution is 2.33. The second-order valence-electron chi connectivity index (χ2n) is 4.92. The summed E-state index contributed by atoms with van der Waals surface area (Å²) in [6.45, 7) is 5.86. The van der Waals surface area contributed by atoms with E-state index in [1.54, 1.807) is 18.2 Å². The molecule has 0 heterocycles. The molecular weight excluding hydrogens is 251 g/mol. The minimum atomic E-state index is -4.28. The summed E-state index contributed by atoms with van der Waals surface area (Å²) in [7, 11) is 0. The molecule has 0 aliphatic carbocycles. The summed E-state index contributed by atoms with van der Waals surface area (Å²) in [5.74, 6) is 0.258. The lowest BCUT2D eigenvalue weighted by Gasteiger charge is -2.30. The molecule has 0 aliphatic rings. The Balaban J connectivity index is 2.89. The monoisotopic (exact) mass is 273 g/mol. The van der Waals surface area contributed by atoms with Gasteiger partial charge in [0.1, 0.15) is 6.04 Å². The first-order valence-corrected chi connectivity index (χ1v) is 6.77. The molecule has 1 N–H and O–H groups in total. The van der Waals surface area contributed by atoms with Crippen LogP contribution in [-0.4, -0.2) is 12.2 Å². The van der Waals surface area contributed by atoms with Gasteiger partial charge in [-0.25, -0.2) is 0 Å². The lowest BCUT2D eigenvalue weighted by Crippen LogP contribution is -2.42. The third-order valence-corrected chi connectivity index (χ3v) is 3.65. The number of halogens is 3. The summed E-state index contributed by atoms with van der Waals surface area (Å²) in [5, 5.41) is 2.75. The molecule has 19 heavy (non-hydrogen) atoms. The van der Waals surface area contributed by atoms with Crippen LogP contribution in [0.25, 0.3) is 0 Å². The standard InChI is InChI=1S/C15H22F3N/c1-4-12(5-2)11(3)19-14(15(16,17)18)13-9-7-6-8-10-13/h6-12,14,19H,4-5H2,1-3H3. The summed E-state index contributed by atoms with van der Waals surface area (Å²) < 4.78 is 39.5. The van der Waals surface area contributed by atoms with E-state index >= 15 is 0 Å². The molecule has 2 unspecified atom stereocenters. The van der Waals surface area contributed by atoms with Crippen molar-refractivity contribution in [2.45, 2.75) is 51.9 Å². The van der Waals surface area contributed by atoms with Gasteiger partial charge in [0, 0.05) is 6.04 Å². The largest absolute Gasteiger partial charge is 0.407 e. The first kappa shape index (κ1) is 16.0. The van der Waals surface area contributed by atoms with Crippen molar-refractivity contribution in [2.75, 3.05) is 0 Å². The number of alkyl halides is 3. The molecule has 1 nitrogen and oxygen atoms in total. The van der Waals surface area contributed by atoms with Crippen LogP contribution < -0.4 is 5.32 Å². The Labute approximate surface area is 113 Å². The fourth-order valence-corrected chi connectivity index (χ4v) is 2.42. The van der Waals surface area contributed by atoms with Crippen LogP contribution in [0.3, 0.4) is 0 Å². The molecule has 1 rings (SSSR count). The predicted molar refractivity (Wildman–Crippen MR) is 71.9 cm³/mol. The summed E-state index contributed by atoms with van der Waals surface area (Å²) in [4.78, 5) is 0. The lowest BCUT2D eigenvalue weighted by molar-refractivity contribution is -0.160. The maximum absolute atomic E-state index is 13.2. The van der Waals surface area contributed by atoms with Crippen LogP contribution in [0.1, 0.15) is 45.2 Å². The molecule has 1 aromatic rings. The highest BCUT2D eigenvalue weighted by Gasteiger charge is 2.41. The molecular formula is C15H22F3N. The molecule has 4 heteroatoms. The number of benzene rings is 1. The van der Waals surface area contributed by atoms with E-state index in [-0.39, 0.29) is 17.5 Å². The zero-order valence-corrected chi connectivity index (χ0v) is 11.7. The van der Waals surface area contributed by atoms with Gasteiger partial charge in [0.15, 0.2) is 0 Å². The second kappa shape index (κ2) is 6.94. The fraction of sp³-hybridized carbons (Fsp3) is 0.600. The fourth-order valence-electron chi connectivity index (χ4n) is 2.42. The number of hydrogen-bond donors (Lipinski definition) is 1. The van der Waals surface area contributed by atoms with Crippen molar-refractivity contribution in [3.05, 3.63) is 35.9 Å². The molecule has 0 saturated carbocycles. The molecule has 0 aromatic heterocycles. The van der Waals surface area contributed by atoms with E-state index in [1.165, 1.54) is 12.1 Å². The predicted octanol–water partition coefficient (Wildman–Crippen LogP) is 4.70. The average molecular weight is 273 g/mol. The third-order valence-electron chi connectivity index (χ3n) is 3.65. The zero-order chi connectivity index (χ0) is 14.5. The molecule has 0 fully saturated rings. The number of rotatable bonds is 6. The highest BCUT2D eigenvalue weighted by molar-refractivity contribution is 5.20. The van der Waals surface area contributed by atoms with Crippen molar-refractivity contribution in [1.82, 2.24) is 5.32 Å². The van der Waals surface area contributed by atoms with Gasteiger partial charge in [-0.2, -0.15) is 13.2 Å². The van der Waals surface area contributed by atoms with Gasteiger partial charge in [0.25, 0.3) is 0 Å². The topological polar surface area (TPSA) is 12.0 Å². The third kappa shape index (κ3) is 4.53. The van der Waals surface area contributed by atoms with Crippen LogP contribution >= 0.6 is 0 Å². The number of hydrogen-bond acceptors (Lipinski definition) is 1. The first-order chi connectivity index (χ1) is 8.90. The van der Waals surface area contributed by atoms with Gasteiger partial charge in [0.2, 0.25) is 0 Å². The van der Waals surface area contributed by atoms with Gasteiger partial charge in [0.05, 0.1) is 0 Å². The van der Waals surface area contributed by atoms with Crippen molar-refractivity contribution in [1.29, 1.82) is 0 Å². The molecule has 0 amide bonds. The van der Waals surface area contributed by atoms with Gasteiger partial charge >= 0.3 is 6.18 Å². The summed E-state index contributed by atoms with van der Waals surface area (Å²) >= 11 is 0. The Bertz CT molecular complexity index is 357. The van der Waals surface area contributed by atoms with Crippen LogP contribution in [0.5, 0.6) is 0 Å². The smallest absolute Gasteiger partial charge is 0.300 e. The SMILES string of the molecule is CCC(CC)C(C)NC(c1ccccc1)C(F)(F)F. The molecule has 0 saturated heterocycles. The van der Waals surface area contributed by atoms with Crippen LogP contribution in [0.15, 0.2) is 30.3 Å². The normalized spacial score (nSPS) is 15.5. The average Bonchev–Trinajstić information content (AvgIpc) is 2.37. The minimum absolute atomic E-state index is 0.165. The Morgan fingerprint density at radius 3 is 2.00 bits per heavy atom. The summed E-state index contributed by atoms with van der Waals surface area (Å²) in [5.41, 5.74) is 0.271. The molecule has 2 atom stereocenters. The van der Waals surface area contributed by atoms with E-state index in [0.29, 0.717) is 0 Å². The molecule has 1 aromatic carbocycles. The van der Waals surface area contributed by atoms with E-state index in [4.69, 9.17) is 0 Å². The molecule has 0 aliphatic heterocycles. The summed E-state index contributed by atoms with van der Waals surface area (Å²) in [6.07, 6.45) is -2.52. The minimum Gasteiger partial charge on any atom is -0.300 e. The van der Waals surface area contributed by atoms with E-state index in [1.807, 2.05) is 20.8 Å². The van der Waals surface area contributed by atoms with Crippen LogP contribution in [0, 0.1) is 5.92 Å². The second-order valence-corrected chi connectivity index (χ2v) is 4.92. The maximum Gasteiger partial charge on any atom is 0.407 e. The quantitative estimate of drug-likeness (QED) is 0.792. The lowest BCUT2D eigenvalue weighted by atomic mass is 9.94. The Morgan fingerprint density at radius 1 is 1.05 bits per heavy atom. The van der Waals surface area contributed by atoms with Gasteiger partial charge < -0.3 is 0 Å². The molecule has 0 bridgehead atoms. The van der Waals surface area contributed by atoms with Crippen molar-refractivity contribution in [2.24, 2.45) is 5.92 Å². The van der Waals surface area contributed by atoms with E-state index in [2.05, 4.69) is 5.32 Å². The maximum atomic E-state index is 13.2. The van der Waals surface area contributed by atoms with Crippen molar-refractivity contribution >= 4 is 0 Å². The molecule has 0 radical (unpaired) electrons. The van der Waals surface area contributed by atoms with E-state index < -0.39 is 12.2 Å². The van der Waals surface area contributed by atoms with E-state index in [0.717, 1.165) is 12.8 Å². The Morgan fingerprint density at radius 2 is 1.58 bits per heavy atom. The highest BCUT2D eigenvalue weighted by atomic mass is 19.4. The van der Waals surface area contributed by atoms with Gasteiger partial charge in [-0.1, -0.05) is 57.0 Å². The van der Waals surface area contributed by atoms with Crippen molar-refractivity contribution < 1.29 is 13.2 Å². The van der Waals surface area contributed by atoms with Crippen LogP contribution in [0.4, 0.5) is 13.2 Å². The van der Waals surface area contributed by atoms with Crippen molar-refractivity contribution in [3.8, 4) is 0 Å². The van der Waals surface area contributed by atoms with Crippen molar-refractivity contribution in [3.63, 3.8) is 0 Å². The number of nitrogens with one attached hydrogen (secondary N) is 1. The molecule has 108 valence electrons. The van der Waals surface area contributed by atoms with Crippen LogP contribution in [-0.2, 0) is 0 Å². The van der Waals surface area contributed by atoms with Gasteiger partial charge in [-0.15, -0.1) is 0 Å². The Hall–Kier alpha value is -1.03. The Kier molecular flexibility index (Phi) is 5.85.